The highest BCUT2D eigenvalue weighted by Gasteiger charge is 2.19. The molecule has 1 aromatic carbocycles. The van der Waals surface area contributed by atoms with E-state index in [0.29, 0.717) is 11.7 Å². The van der Waals surface area contributed by atoms with Crippen LogP contribution in [0.25, 0.3) is 11.3 Å². The molecule has 0 amide bonds. The monoisotopic (exact) mass is 354 g/mol. The van der Waals surface area contributed by atoms with Crippen LogP contribution in [0.2, 0.25) is 0 Å². The number of likely N-dealkylation sites (N-methyl/N-ethyl adjacent to an activating group) is 1. The fourth-order valence-electron chi connectivity index (χ4n) is 2.91. The van der Waals surface area contributed by atoms with Gasteiger partial charge in [-0.15, -0.1) is 0 Å². The first-order valence-corrected chi connectivity index (χ1v) is 8.57. The molecule has 0 bridgehead atoms. The molecule has 3 heterocycles. The van der Waals surface area contributed by atoms with Crippen molar-refractivity contribution in [1.82, 2.24) is 25.5 Å². The summed E-state index contributed by atoms with van der Waals surface area (Å²) in [5.74, 6) is 1.97. The van der Waals surface area contributed by atoms with E-state index in [0.717, 1.165) is 48.9 Å². The summed E-state index contributed by atoms with van der Waals surface area (Å²) in [7, 11) is 3.78. The van der Waals surface area contributed by atoms with E-state index in [1.807, 2.05) is 36.5 Å². The van der Waals surface area contributed by atoms with Gasteiger partial charge in [-0.05, 0) is 25.2 Å². The maximum absolute atomic E-state index is 5.51. The van der Waals surface area contributed by atoms with E-state index in [-0.39, 0.29) is 0 Å². The van der Waals surface area contributed by atoms with Gasteiger partial charge in [0.25, 0.3) is 5.90 Å². The van der Waals surface area contributed by atoms with Crippen molar-refractivity contribution in [3.8, 4) is 17.0 Å². The lowest BCUT2D eigenvalue weighted by atomic mass is 10.1. The number of hydroxylamine groups is 1. The average molecular weight is 354 g/mol. The number of methoxy groups -OCH3 is 1. The Morgan fingerprint density at radius 2 is 2.04 bits per heavy atom. The van der Waals surface area contributed by atoms with Gasteiger partial charge in [0.2, 0.25) is 0 Å². The van der Waals surface area contributed by atoms with Gasteiger partial charge < -0.3 is 19.4 Å². The molecule has 1 aromatic heterocycles. The van der Waals surface area contributed by atoms with Gasteiger partial charge in [0.05, 0.1) is 12.8 Å². The van der Waals surface area contributed by atoms with Crippen molar-refractivity contribution >= 4 is 5.90 Å². The Hall–Kier alpha value is -3.00. The van der Waals surface area contributed by atoms with Crippen LogP contribution >= 0.6 is 0 Å². The molecule has 2 aliphatic heterocycles. The summed E-state index contributed by atoms with van der Waals surface area (Å²) < 4.78 is 5.26. The second kappa shape index (κ2) is 7.09. The third kappa shape index (κ3) is 3.50. The first kappa shape index (κ1) is 16.5. The summed E-state index contributed by atoms with van der Waals surface area (Å²) in [4.78, 5) is 14.6. The van der Waals surface area contributed by atoms with Crippen molar-refractivity contribution in [1.29, 1.82) is 0 Å². The molecule has 0 radical (unpaired) electrons. The number of aromatic amines is 1. The summed E-state index contributed by atoms with van der Waals surface area (Å²) in [5, 5.41) is 7.33. The number of ether oxygens (including phenoxy) is 1. The summed E-state index contributed by atoms with van der Waals surface area (Å²) in [5.41, 5.74) is 5.36. The zero-order valence-corrected chi connectivity index (χ0v) is 14.9. The van der Waals surface area contributed by atoms with Crippen LogP contribution in [0.4, 0.5) is 0 Å². The molecule has 1 fully saturated rings. The second-order valence-electron chi connectivity index (χ2n) is 6.37. The number of piperazine rings is 1. The van der Waals surface area contributed by atoms with Gasteiger partial charge in [-0.25, -0.2) is 5.48 Å². The topological polar surface area (TPSA) is 78.0 Å². The fourth-order valence-corrected chi connectivity index (χ4v) is 2.91. The molecule has 8 heteroatoms. The summed E-state index contributed by atoms with van der Waals surface area (Å²) in [6.07, 6.45) is 2.00. The summed E-state index contributed by atoms with van der Waals surface area (Å²) in [6, 6.07) is 9.67. The molecule has 0 atom stereocenters. The first-order valence-electron chi connectivity index (χ1n) is 8.57. The largest absolute Gasteiger partial charge is 0.497 e. The van der Waals surface area contributed by atoms with E-state index < -0.39 is 0 Å². The lowest BCUT2D eigenvalue weighted by Crippen LogP contribution is -2.42. The molecule has 2 aliphatic rings. The average Bonchev–Trinajstić information content (AvgIpc) is 3.33. The van der Waals surface area contributed by atoms with Crippen LogP contribution in [0.1, 0.15) is 5.69 Å². The van der Waals surface area contributed by atoms with Crippen LogP contribution in [0.3, 0.4) is 0 Å². The Bertz CT molecular complexity index is 836. The normalized spacial score (nSPS) is 19.2. The van der Waals surface area contributed by atoms with Gasteiger partial charge in [0.15, 0.2) is 5.82 Å². The Kier molecular flexibility index (Phi) is 4.49. The second-order valence-corrected chi connectivity index (χ2v) is 6.37. The molecule has 2 aromatic rings. The van der Waals surface area contributed by atoms with Gasteiger partial charge in [0, 0.05) is 37.9 Å². The first-order chi connectivity index (χ1) is 12.7. The minimum Gasteiger partial charge on any atom is -0.497 e. The van der Waals surface area contributed by atoms with Gasteiger partial charge >= 0.3 is 0 Å². The smallest absolute Gasteiger partial charge is 0.273 e. The fraction of sp³-hybridized carbons (Fsp3) is 0.333. The lowest BCUT2D eigenvalue weighted by Gasteiger charge is -2.31. The van der Waals surface area contributed by atoms with E-state index in [2.05, 4.69) is 37.5 Å². The predicted molar refractivity (Wildman–Crippen MR) is 98.5 cm³/mol. The highest BCUT2D eigenvalue weighted by atomic mass is 16.7. The quantitative estimate of drug-likeness (QED) is 0.865. The molecular formula is C18H22N6O2. The molecule has 4 rings (SSSR count). The Labute approximate surface area is 152 Å². The van der Waals surface area contributed by atoms with Crippen molar-refractivity contribution in [2.75, 3.05) is 40.3 Å². The van der Waals surface area contributed by atoms with Crippen LogP contribution in [-0.2, 0) is 4.84 Å². The van der Waals surface area contributed by atoms with E-state index in [4.69, 9.17) is 9.57 Å². The molecule has 2 N–H and O–H groups in total. The van der Waals surface area contributed by atoms with E-state index >= 15 is 0 Å². The van der Waals surface area contributed by atoms with Crippen molar-refractivity contribution in [2.45, 2.75) is 0 Å². The van der Waals surface area contributed by atoms with E-state index in [1.165, 1.54) is 0 Å². The summed E-state index contributed by atoms with van der Waals surface area (Å²) >= 11 is 0. The molecule has 26 heavy (non-hydrogen) atoms. The van der Waals surface area contributed by atoms with Crippen LogP contribution < -0.4 is 10.2 Å². The number of rotatable bonds is 4. The highest BCUT2D eigenvalue weighted by molar-refractivity contribution is 5.94. The molecule has 0 aliphatic carbocycles. The standard InChI is InChI=1S/C18H22N6O2/c1-23-6-8-24(9-7-23)12-17-19-18(26-22-17)16-11-15(20-21-16)13-4-3-5-14(10-13)25-2/h3-5,10-12,22H,6-9H2,1-2H3,(H,20,21). The number of nitrogens with zero attached hydrogens (tertiary/aromatic N) is 4. The zero-order valence-electron chi connectivity index (χ0n) is 14.9. The molecule has 0 saturated carbocycles. The van der Waals surface area contributed by atoms with E-state index in [9.17, 15) is 0 Å². The number of aliphatic imine (C=N–C) groups is 1. The summed E-state index contributed by atoms with van der Waals surface area (Å²) in [6.45, 7) is 4.06. The number of hydrogen-bond acceptors (Lipinski definition) is 7. The maximum atomic E-state index is 5.51. The zero-order chi connectivity index (χ0) is 17.9. The third-order valence-corrected chi connectivity index (χ3v) is 4.49. The van der Waals surface area contributed by atoms with Crippen molar-refractivity contribution < 1.29 is 9.57 Å². The molecule has 136 valence electrons. The molecule has 0 unspecified atom stereocenters. The number of H-pyrrole nitrogens is 1. The van der Waals surface area contributed by atoms with Crippen molar-refractivity contribution in [3.63, 3.8) is 0 Å². The van der Waals surface area contributed by atoms with Crippen LogP contribution in [0.15, 0.2) is 47.3 Å². The number of nitrogens with one attached hydrogen (secondary N) is 2. The van der Waals surface area contributed by atoms with Gasteiger partial charge in [-0.2, -0.15) is 10.1 Å². The Morgan fingerprint density at radius 1 is 1.19 bits per heavy atom. The van der Waals surface area contributed by atoms with Crippen LogP contribution in [0, 0.1) is 0 Å². The van der Waals surface area contributed by atoms with Gasteiger partial charge in [0.1, 0.15) is 11.4 Å². The van der Waals surface area contributed by atoms with Gasteiger partial charge in [-0.3, -0.25) is 5.10 Å². The van der Waals surface area contributed by atoms with Crippen molar-refractivity contribution in [2.24, 2.45) is 4.99 Å². The lowest BCUT2D eigenvalue weighted by molar-refractivity contribution is 0.191. The molecular weight excluding hydrogens is 332 g/mol. The Balaban J connectivity index is 1.49. The third-order valence-electron chi connectivity index (χ3n) is 4.49. The Morgan fingerprint density at radius 3 is 2.85 bits per heavy atom. The molecule has 0 spiro atoms. The van der Waals surface area contributed by atoms with E-state index in [1.54, 1.807) is 7.11 Å². The highest BCUT2D eigenvalue weighted by Crippen LogP contribution is 2.23. The predicted octanol–water partition coefficient (Wildman–Crippen LogP) is 1.41. The SMILES string of the molecule is COc1cccc(-c2cc(C3=NC(=CN4CCN(C)CC4)NO3)[nH]n2)c1. The molecule has 1 saturated heterocycles. The number of benzene rings is 1. The molecule has 8 nitrogen and oxygen atoms in total. The number of hydrogen-bond donors (Lipinski definition) is 2. The van der Waals surface area contributed by atoms with Crippen molar-refractivity contribution in [3.05, 3.63) is 48.0 Å². The van der Waals surface area contributed by atoms with Gasteiger partial charge in [-0.1, -0.05) is 12.1 Å². The minimum atomic E-state index is 0.479. The maximum Gasteiger partial charge on any atom is 0.273 e. The minimum absolute atomic E-state index is 0.479. The van der Waals surface area contributed by atoms with Crippen LogP contribution in [0.5, 0.6) is 5.75 Å². The van der Waals surface area contributed by atoms with Crippen LogP contribution in [-0.4, -0.2) is 66.2 Å². The number of aromatic nitrogens is 2.